The maximum atomic E-state index is 12.9. The van der Waals surface area contributed by atoms with E-state index >= 15 is 0 Å². The Labute approximate surface area is 152 Å². The monoisotopic (exact) mass is 381 g/mol. The summed E-state index contributed by atoms with van der Waals surface area (Å²) in [7, 11) is 0.342. The maximum Gasteiger partial charge on any atom is 0.246 e. The summed E-state index contributed by atoms with van der Waals surface area (Å²) in [6.45, 7) is 3.05. The van der Waals surface area contributed by atoms with Gasteiger partial charge in [0.2, 0.25) is 10.0 Å². The topological polar surface area (TPSA) is 73.0 Å². The first-order valence-corrected chi connectivity index (χ1v) is 10.8. The molecule has 9 heteroatoms. The first-order valence-electron chi connectivity index (χ1n) is 8.49. The first kappa shape index (κ1) is 17.1. The summed E-state index contributed by atoms with van der Waals surface area (Å²) in [6.07, 6.45) is 7.37. The van der Waals surface area contributed by atoms with Crippen LogP contribution in [0.5, 0.6) is 0 Å². The highest BCUT2D eigenvalue weighted by Crippen LogP contribution is 2.45. The molecule has 0 radical (unpaired) electrons. The Morgan fingerprint density at radius 3 is 2.40 bits per heavy atom. The summed E-state index contributed by atoms with van der Waals surface area (Å²) in [4.78, 5) is 4.73. The number of sulfonamides is 1. The van der Waals surface area contributed by atoms with Gasteiger partial charge in [-0.2, -0.15) is 9.40 Å². The van der Waals surface area contributed by atoms with Crippen molar-refractivity contribution in [1.29, 1.82) is 0 Å². The number of thioether (sulfide) groups is 1. The van der Waals surface area contributed by atoms with Crippen LogP contribution in [0, 0.1) is 18.8 Å². The first-order chi connectivity index (χ1) is 11.9. The lowest BCUT2D eigenvalue weighted by Crippen LogP contribution is -2.30. The van der Waals surface area contributed by atoms with Gasteiger partial charge in [0.1, 0.15) is 4.90 Å². The predicted octanol–water partition coefficient (Wildman–Crippen LogP) is 1.65. The number of aromatic nitrogens is 4. The molecule has 1 saturated carbocycles. The average molecular weight is 382 g/mol. The molecular weight excluding hydrogens is 358 g/mol. The highest BCUT2D eigenvalue weighted by molar-refractivity contribution is 7.99. The minimum atomic E-state index is -3.44. The molecule has 0 bridgehead atoms. The van der Waals surface area contributed by atoms with Crippen molar-refractivity contribution < 1.29 is 8.42 Å². The van der Waals surface area contributed by atoms with Gasteiger partial charge in [0.05, 0.1) is 11.9 Å². The molecule has 2 aromatic heterocycles. The van der Waals surface area contributed by atoms with Crippen molar-refractivity contribution in [1.82, 2.24) is 23.6 Å². The number of rotatable bonds is 4. The second-order valence-electron chi connectivity index (χ2n) is 7.09. The van der Waals surface area contributed by atoms with Crippen LogP contribution in [0.3, 0.4) is 0 Å². The maximum absolute atomic E-state index is 12.9. The molecule has 25 heavy (non-hydrogen) atoms. The van der Waals surface area contributed by atoms with Crippen LogP contribution in [0.2, 0.25) is 0 Å². The van der Waals surface area contributed by atoms with E-state index in [1.807, 2.05) is 35.8 Å². The van der Waals surface area contributed by atoms with E-state index in [4.69, 9.17) is 0 Å². The van der Waals surface area contributed by atoms with Gasteiger partial charge in [-0.05, 0) is 31.6 Å². The molecule has 2 fully saturated rings. The molecule has 2 aromatic rings. The molecule has 1 aliphatic carbocycles. The zero-order valence-corrected chi connectivity index (χ0v) is 16.3. The van der Waals surface area contributed by atoms with Crippen LogP contribution in [-0.2, 0) is 24.1 Å². The van der Waals surface area contributed by atoms with Crippen LogP contribution in [0.15, 0.2) is 28.6 Å². The van der Waals surface area contributed by atoms with Crippen LogP contribution in [0.1, 0.15) is 18.5 Å². The molecule has 0 spiro atoms. The van der Waals surface area contributed by atoms with Crippen molar-refractivity contribution in [3.63, 3.8) is 0 Å². The molecule has 136 valence electrons. The molecule has 2 atom stereocenters. The number of fused-ring (bicyclic) bond motifs is 1. The normalized spacial score (nSPS) is 24.9. The van der Waals surface area contributed by atoms with Gasteiger partial charge in [-0.3, -0.25) is 4.68 Å². The molecule has 2 aliphatic rings. The van der Waals surface area contributed by atoms with Gasteiger partial charge in [0.15, 0.2) is 5.16 Å². The van der Waals surface area contributed by atoms with Gasteiger partial charge in [0.25, 0.3) is 0 Å². The van der Waals surface area contributed by atoms with E-state index in [1.54, 1.807) is 23.0 Å². The molecule has 0 N–H and O–H groups in total. The second-order valence-corrected chi connectivity index (χ2v) is 10.3. The number of aryl methyl sites for hydroxylation is 2. The van der Waals surface area contributed by atoms with Crippen LogP contribution in [0.25, 0.3) is 0 Å². The summed E-state index contributed by atoms with van der Waals surface area (Å²) in [5.41, 5.74) is 0.695. The Hall–Kier alpha value is -1.32. The van der Waals surface area contributed by atoms with Crippen molar-refractivity contribution in [2.75, 3.05) is 13.1 Å². The van der Waals surface area contributed by atoms with Gasteiger partial charge in [-0.25, -0.2) is 13.4 Å². The Kier molecular flexibility index (Phi) is 4.20. The summed E-state index contributed by atoms with van der Waals surface area (Å²) in [5.74, 6) is 0.897. The number of nitrogens with zero attached hydrogens (tertiary/aromatic N) is 5. The Morgan fingerprint density at radius 2 is 1.88 bits per heavy atom. The standard InChI is InChI=1S/C16H23N5O2S2/c1-11-15(8-18-20(11)3)25(22,23)21-9-12-6-14(7-13(12)10-21)24-16-17-4-5-19(16)2/h4-5,8,12-14H,6-7,9-10H2,1-3H3/t12-,13-/m1/s1. The van der Waals surface area contributed by atoms with E-state index < -0.39 is 10.0 Å². The highest BCUT2D eigenvalue weighted by atomic mass is 32.2. The van der Waals surface area contributed by atoms with Crippen LogP contribution in [-0.4, -0.2) is 50.4 Å². The zero-order valence-electron chi connectivity index (χ0n) is 14.7. The largest absolute Gasteiger partial charge is 0.329 e. The number of imidazole rings is 1. The minimum absolute atomic E-state index is 0.342. The summed E-state index contributed by atoms with van der Waals surface area (Å²) < 4.78 is 31.2. The molecule has 0 amide bonds. The van der Waals surface area contributed by atoms with E-state index in [1.165, 1.54) is 6.20 Å². The lowest BCUT2D eigenvalue weighted by molar-refractivity contribution is 0.446. The molecule has 1 saturated heterocycles. The zero-order chi connectivity index (χ0) is 17.8. The molecule has 1 aliphatic heterocycles. The third kappa shape index (κ3) is 2.92. The van der Waals surface area contributed by atoms with Crippen LogP contribution < -0.4 is 0 Å². The van der Waals surface area contributed by atoms with Gasteiger partial charge >= 0.3 is 0 Å². The van der Waals surface area contributed by atoms with Gasteiger partial charge < -0.3 is 4.57 Å². The fraction of sp³-hybridized carbons (Fsp3) is 0.625. The second kappa shape index (κ2) is 6.14. The molecule has 7 nitrogen and oxygen atoms in total. The molecule has 3 heterocycles. The highest BCUT2D eigenvalue weighted by Gasteiger charge is 2.45. The van der Waals surface area contributed by atoms with Crippen LogP contribution in [0.4, 0.5) is 0 Å². The van der Waals surface area contributed by atoms with E-state index in [9.17, 15) is 8.42 Å². The van der Waals surface area contributed by atoms with Gasteiger partial charge in [0, 0.05) is 44.8 Å². The van der Waals surface area contributed by atoms with Gasteiger partial charge in [-0.15, -0.1) is 0 Å². The quantitative estimate of drug-likeness (QED) is 0.805. The van der Waals surface area contributed by atoms with E-state index in [0.29, 0.717) is 40.8 Å². The third-order valence-electron chi connectivity index (χ3n) is 5.53. The molecule has 4 rings (SSSR count). The molecule has 0 aromatic carbocycles. The Morgan fingerprint density at radius 1 is 1.20 bits per heavy atom. The summed E-state index contributed by atoms with van der Waals surface area (Å²) >= 11 is 1.82. The minimum Gasteiger partial charge on any atom is -0.329 e. The van der Waals surface area contributed by atoms with Gasteiger partial charge in [-0.1, -0.05) is 11.8 Å². The van der Waals surface area contributed by atoms with Crippen molar-refractivity contribution in [2.45, 2.75) is 35.1 Å². The van der Waals surface area contributed by atoms with Crippen LogP contribution >= 0.6 is 11.8 Å². The smallest absolute Gasteiger partial charge is 0.246 e. The Balaban J connectivity index is 1.44. The predicted molar refractivity (Wildman–Crippen MR) is 95.8 cm³/mol. The average Bonchev–Trinajstić information content (AvgIpc) is 3.27. The van der Waals surface area contributed by atoms with E-state index in [-0.39, 0.29) is 0 Å². The van der Waals surface area contributed by atoms with Crippen molar-refractivity contribution >= 4 is 21.8 Å². The molecule has 0 unspecified atom stereocenters. The summed E-state index contributed by atoms with van der Waals surface area (Å²) in [5, 5.41) is 5.66. The number of hydrogen-bond acceptors (Lipinski definition) is 5. The van der Waals surface area contributed by atoms with E-state index in [0.717, 1.165) is 18.0 Å². The lowest BCUT2D eigenvalue weighted by Gasteiger charge is -2.18. The number of hydrogen-bond donors (Lipinski definition) is 0. The fourth-order valence-corrected chi connectivity index (χ4v) is 7.05. The third-order valence-corrected chi connectivity index (χ3v) is 8.79. The van der Waals surface area contributed by atoms with Crippen molar-refractivity contribution in [3.05, 3.63) is 24.3 Å². The SMILES string of the molecule is Cc1c(S(=O)(=O)N2C[C@H]3CC(Sc4nccn4C)C[C@@H]3C2)cnn1C. The summed E-state index contributed by atoms with van der Waals surface area (Å²) in [6, 6.07) is 0. The van der Waals surface area contributed by atoms with Crippen molar-refractivity contribution in [2.24, 2.45) is 25.9 Å². The fourth-order valence-electron chi connectivity index (χ4n) is 3.98. The van der Waals surface area contributed by atoms with Crippen molar-refractivity contribution in [3.8, 4) is 0 Å². The molecular formula is C16H23N5O2S2. The Bertz CT molecular complexity index is 874. The lowest BCUT2D eigenvalue weighted by atomic mass is 10.0. The van der Waals surface area contributed by atoms with E-state index in [2.05, 4.69) is 10.1 Å².